The summed E-state index contributed by atoms with van der Waals surface area (Å²) in [7, 11) is 6.18. The van der Waals surface area contributed by atoms with Gasteiger partial charge in [-0.1, -0.05) is 12.1 Å². The standard InChI is InChI=1S/C28H38N2O7/c1-18(2)37-15-7-14-29-28(32)22-12-13-25(31)30(26(22)19-8-10-21(33-3)11-9-19)20-16-23(34-4)27(36-6)24(17-20)35-5/h8-11,16-18,22,26H,7,12-15H2,1-6H3,(H,29,32)/t22-,26+/m0/s1. The monoisotopic (exact) mass is 514 g/mol. The number of hydrogen-bond donors (Lipinski definition) is 1. The Morgan fingerprint density at radius 3 is 2.19 bits per heavy atom. The fourth-order valence-corrected chi connectivity index (χ4v) is 4.59. The molecule has 0 spiro atoms. The predicted octanol–water partition coefficient (Wildman–Crippen LogP) is 4.14. The number of nitrogens with zero attached hydrogens (tertiary/aromatic N) is 1. The molecule has 202 valence electrons. The number of carbonyl (C=O) groups excluding carboxylic acids is 2. The number of piperidine rings is 1. The lowest BCUT2D eigenvalue weighted by atomic mass is 9.83. The molecule has 2 atom stereocenters. The number of nitrogens with one attached hydrogen (secondary N) is 1. The van der Waals surface area contributed by atoms with E-state index in [1.165, 1.54) is 21.3 Å². The Labute approximate surface area is 219 Å². The summed E-state index contributed by atoms with van der Waals surface area (Å²) in [6.45, 7) is 5.03. The Morgan fingerprint density at radius 2 is 1.65 bits per heavy atom. The summed E-state index contributed by atoms with van der Waals surface area (Å²) in [6, 6.07) is 10.4. The molecule has 37 heavy (non-hydrogen) atoms. The summed E-state index contributed by atoms with van der Waals surface area (Å²) in [6.07, 6.45) is 1.52. The number of benzene rings is 2. The van der Waals surface area contributed by atoms with Crippen LogP contribution in [-0.4, -0.2) is 59.5 Å². The fourth-order valence-electron chi connectivity index (χ4n) is 4.59. The van der Waals surface area contributed by atoms with E-state index in [1.807, 2.05) is 38.1 Å². The zero-order valence-electron chi connectivity index (χ0n) is 22.5. The first-order valence-corrected chi connectivity index (χ1v) is 12.5. The Hall–Kier alpha value is -3.46. The van der Waals surface area contributed by atoms with Crippen molar-refractivity contribution >= 4 is 17.5 Å². The van der Waals surface area contributed by atoms with Crippen molar-refractivity contribution < 1.29 is 33.3 Å². The van der Waals surface area contributed by atoms with Crippen molar-refractivity contribution in [2.24, 2.45) is 5.92 Å². The molecule has 0 unspecified atom stereocenters. The van der Waals surface area contributed by atoms with Gasteiger partial charge >= 0.3 is 0 Å². The second kappa shape index (κ2) is 13.2. The van der Waals surface area contributed by atoms with E-state index < -0.39 is 12.0 Å². The molecule has 2 aromatic rings. The van der Waals surface area contributed by atoms with Crippen LogP contribution in [0.2, 0.25) is 0 Å². The third-order valence-electron chi connectivity index (χ3n) is 6.39. The number of carbonyl (C=O) groups is 2. The van der Waals surface area contributed by atoms with Gasteiger partial charge in [0.1, 0.15) is 5.75 Å². The van der Waals surface area contributed by atoms with Gasteiger partial charge in [0.05, 0.1) is 52.2 Å². The lowest BCUT2D eigenvalue weighted by Gasteiger charge is -2.41. The topological polar surface area (TPSA) is 95.6 Å². The first-order chi connectivity index (χ1) is 17.8. The van der Waals surface area contributed by atoms with Crippen LogP contribution in [0.15, 0.2) is 36.4 Å². The van der Waals surface area contributed by atoms with E-state index in [2.05, 4.69) is 5.32 Å². The van der Waals surface area contributed by atoms with Gasteiger partial charge in [-0.05, 0) is 44.4 Å². The summed E-state index contributed by atoms with van der Waals surface area (Å²) in [4.78, 5) is 28.5. The second-order valence-corrected chi connectivity index (χ2v) is 9.07. The predicted molar refractivity (Wildman–Crippen MR) is 141 cm³/mol. The lowest BCUT2D eigenvalue weighted by Crippen LogP contribution is -2.48. The van der Waals surface area contributed by atoms with E-state index >= 15 is 0 Å². The molecule has 0 aliphatic carbocycles. The van der Waals surface area contributed by atoms with Crippen molar-refractivity contribution in [2.45, 2.75) is 45.3 Å². The summed E-state index contributed by atoms with van der Waals surface area (Å²) < 4.78 is 27.4. The molecule has 0 aromatic heterocycles. The first-order valence-electron chi connectivity index (χ1n) is 12.5. The van der Waals surface area contributed by atoms with E-state index in [-0.39, 0.29) is 24.3 Å². The third-order valence-corrected chi connectivity index (χ3v) is 6.39. The summed E-state index contributed by atoms with van der Waals surface area (Å²) in [5, 5.41) is 3.05. The fraction of sp³-hybridized carbons (Fsp3) is 0.500. The molecule has 2 amide bonds. The molecule has 1 heterocycles. The molecule has 1 aliphatic heterocycles. The molecule has 0 radical (unpaired) electrons. The number of amides is 2. The highest BCUT2D eigenvalue weighted by atomic mass is 16.5. The number of methoxy groups -OCH3 is 4. The van der Waals surface area contributed by atoms with Crippen LogP contribution < -0.4 is 29.2 Å². The average Bonchev–Trinajstić information content (AvgIpc) is 2.91. The maximum Gasteiger partial charge on any atom is 0.227 e. The molecule has 3 rings (SSSR count). The van der Waals surface area contributed by atoms with Crippen LogP contribution in [0.4, 0.5) is 5.69 Å². The van der Waals surface area contributed by atoms with Gasteiger partial charge in [0.25, 0.3) is 0 Å². The maximum absolute atomic E-state index is 13.4. The van der Waals surface area contributed by atoms with Crippen LogP contribution in [0.3, 0.4) is 0 Å². The van der Waals surface area contributed by atoms with Gasteiger partial charge in [-0.15, -0.1) is 0 Å². The molecule has 9 heteroatoms. The van der Waals surface area contributed by atoms with Crippen LogP contribution in [0, 0.1) is 5.92 Å². The van der Waals surface area contributed by atoms with Crippen LogP contribution in [0.1, 0.15) is 44.7 Å². The maximum atomic E-state index is 13.4. The van der Waals surface area contributed by atoms with Gasteiger partial charge in [-0.25, -0.2) is 0 Å². The van der Waals surface area contributed by atoms with E-state index in [4.69, 9.17) is 23.7 Å². The molecule has 1 fully saturated rings. The van der Waals surface area contributed by atoms with E-state index in [0.29, 0.717) is 54.7 Å². The molecule has 1 aliphatic rings. The molecule has 1 saturated heterocycles. The van der Waals surface area contributed by atoms with Crippen molar-refractivity contribution in [3.63, 3.8) is 0 Å². The van der Waals surface area contributed by atoms with Gasteiger partial charge in [0, 0.05) is 31.7 Å². The second-order valence-electron chi connectivity index (χ2n) is 9.07. The zero-order valence-corrected chi connectivity index (χ0v) is 22.5. The largest absolute Gasteiger partial charge is 0.497 e. The Balaban J connectivity index is 1.99. The van der Waals surface area contributed by atoms with Crippen molar-refractivity contribution in [3.8, 4) is 23.0 Å². The quantitative estimate of drug-likeness (QED) is 0.426. The van der Waals surface area contributed by atoms with Crippen molar-refractivity contribution in [3.05, 3.63) is 42.0 Å². The molecule has 2 aromatic carbocycles. The Kier molecular flexibility index (Phi) is 10.0. The van der Waals surface area contributed by atoms with Gasteiger partial charge in [-0.3, -0.25) is 9.59 Å². The zero-order chi connectivity index (χ0) is 26.9. The SMILES string of the molecule is COc1ccc([C@@H]2[C@@H](C(=O)NCCCOC(C)C)CCC(=O)N2c2cc(OC)c(OC)c(OC)c2)cc1. The van der Waals surface area contributed by atoms with Crippen molar-refractivity contribution in [1.82, 2.24) is 5.32 Å². The summed E-state index contributed by atoms with van der Waals surface area (Å²) in [5.41, 5.74) is 1.38. The normalized spacial score (nSPS) is 17.5. The highest BCUT2D eigenvalue weighted by Crippen LogP contribution is 2.46. The Bertz CT molecular complexity index is 1030. The minimum absolute atomic E-state index is 0.0931. The molecule has 0 saturated carbocycles. The number of rotatable bonds is 12. The van der Waals surface area contributed by atoms with Crippen molar-refractivity contribution in [1.29, 1.82) is 0 Å². The molecule has 9 nitrogen and oxygen atoms in total. The summed E-state index contributed by atoms with van der Waals surface area (Å²) >= 11 is 0. The number of ether oxygens (including phenoxy) is 5. The number of hydrogen-bond acceptors (Lipinski definition) is 7. The highest BCUT2D eigenvalue weighted by molar-refractivity contribution is 5.98. The van der Waals surface area contributed by atoms with Gasteiger partial charge in [0.2, 0.25) is 17.6 Å². The Morgan fingerprint density at radius 1 is 1.00 bits per heavy atom. The van der Waals surface area contributed by atoms with E-state index in [1.54, 1.807) is 24.1 Å². The summed E-state index contributed by atoms with van der Waals surface area (Å²) in [5.74, 6) is 1.31. The molecular formula is C28H38N2O7. The number of anilines is 1. The molecule has 1 N–H and O–H groups in total. The first kappa shape index (κ1) is 28.1. The van der Waals surface area contributed by atoms with E-state index in [0.717, 1.165) is 5.56 Å². The van der Waals surface area contributed by atoms with Crippen molar-refractivity contribution in [2.75, 3.05) is 46.5 Å². The minimum atomic E-state index is -0.540. The molecule has 0 bridgehead atoms. The van der Waals surface area contributed by atoms with E-state index in [9.17, 15) is 9.59 Å². The molecular weight excluding hydrogens is 476 g/mol. The third kappa shape index (κ3) is 6.65. The lowest BCUT2D eigenvalue weighted by molar-refractivity contribution is -0.129. The smallest absolute Gasteiger partial charge is 0.227 e. The van der Waals surface area contributed by atoms with Crippen LogP contribution >= 0.6 is 0 Å². The van der Waals surface area contributed by atoms with Gasteiger partial charge < -0.3 is 33.9 Å². The van der Waals surface area contributed by atoms with Crippen LogP contribution in [0.25, 0.3) is 0 Å². The van der Waals surface area contributed by atoms with Gasteiger partial charge in [-0.2, -0.15) is 0 Å². The van der Waals surface area contributed by atoms with Crippen LogP contribution in [-0.2, 0) is 14.3 Å². The van der Waals surface area contributed by atoms with Gasteiger partial charge in [0.15, 0.2) is 11.5 Å². The average molecular weight is 515 g/mol. The minimum Gasteiger partial charge on any atom is -0.497 e. The van der Waals surface area contributed by atoms with Crippen LogP contribution in [0.5, 0.6) is 23.0 Å². The highest BCUT2D eigenvalue weighted by Gasteiger charge is 2.42.